The van der Waals surface area contributed by atoms with E-state index in [1.54, 1.807) is 20.8 Å². The third-order valence-corrected chi connectivity index (χ3v) is 3.17. The van der Waals surface area contributed by atoms with Crippen molar-refractivity contribution in [2.75, 3.05) is 0 Å². The Balaban J connectivity index is 5.06. The molecule has 4 nitrogen and oxygen atoms in total. The molecule has 0 heterocycles. The number of ether oxygens (including phenoxy) is 1. The molecule has 0 bridgehead atoms. The summed E-state index contributed by atoms with van der Waals surface area (Å²) < 4.78 is 41.9. The fourth-order valence-electron chi connectivity index (χ4n) is 2.18. The normalized spacial score (nSPS) is 14.9. The van der Waals surface area contributed by atoms with Crippen LogP contribution in [0, 0.1) is 11.8 Å². The zero-order valence-electron chi connectivity index (χ0n) is 13.8. The van der Waals surface area contributed by atoms with Crippen molar-refractivity contribution in [2.24, 2.45) is 11.8 Å². The summed E-state index contributed by atoms with van der Waals surface area (Å²) in [5.74, 6) is -4.17. The molecule has 0 aliphatic rings. The Morgan fingerprint density at radius 2 is 1.74 bits per heavy atom. The molecule has 0 saturated carbocycles. The number of alkyl halides is 3. The summed E-state index contributed by atoms with van der Waals surface area (Å²) >= 11 is 0. The van der Waals surface area contributed by atoms with E-state index >= 15 is 0 Å². The number of carboxylic acids is 1. The topological polar surface area (TPSA) is 63.6 Å². The molecule has 0 aromatic heterocycles. The molecule has 0 rings (SSSR count). The van der Waals surface area contributed by atoms with Crippen LogP contribution < -0.4 is 0 Å². The van der Waals surface area contributed by atoms with Gasteiger partial charge in [0.2, 0.25) is 0 Å². The lowest BCUT2D eigenvalue weighted by Crippen LogP contribution is -2.35. The summed E-state index contributed by atoms with van der Waals surface area (Å²) in [7, 11) is 0. The van der Waals surface area contributed by atoms with Crippen LogP contribution in [0.4, 0.5) is 13.2 Å². The van der Waals surface area contributed by atoms with Crippen molar-refractivity contribution in [2.45, 2.75) is 64.7 Å². The first-order chi connectivity index (χ1) is 10.4. The van der Waals surface area contributed by atoms with Gasteiger partial charge in [-0.1, -0.05) is 6.08 Å². The van der Waals surface area contributed by atoms with Gasteiger partial charge in [0.25, 0.3) is 0 Å². The van der Waals surface area contributed by atoms with Crippen molar-refractivity contribution in [1.29, 1.82) is 0 Å². The minimum absolute atomic E-state index is 0.182. The standard InChI is InChI=1S/C16H25F3O4/c1-5-6-8-12(14(22)23-15(2,3)4)11(13(20)21)9-7-10-16(17,18)19/h5,11-12H,1,6-10H2,2-4H3,(H,20,21)/t11-,12-/m1/s1. The second kappa shape index (κ2) is 8.93. The average Bonchev–Trinajstić information content (AvgIpc) is 2.33. The van der Waals surface area contributed by atoms with Gasteiger partial charge in [0.05, 0.1) is 11.8 Å². The molecule has 0 aliphatic carbocycles. The molecule has 0 unspecified atom stereocenters. The molecule has 23 heavy (non-hydrogen) atoms. The highest BCUT2D eigenvalue weighted by molar-refractivity contribution is 5.81. The van der Waals surface area contributed by atoms with Crippen LogP contribution in [0.2, 0.25) is 0 Å². The van der Waals surface area contributed by atoms with Gasteiger partial charge in [-0.3, -0.25) is 9.59 Å². The Morgan fingerprint density at radius 3 is 2.13 bits per heavy atom. The molecular weight excluding hydrogens is 313 g/mol. The largest absolute Gasteiger partial charge is 0.481 e. The van der Waals surface area contributed by atoms with Gasteiger partial charge in [0, 0.05) is 6.42 Å². The molecule has 0 fully saturated rings. The maximum atomic E-state index is 12.2. The van der Waals surface area contributed by atoms with Crippen LogP contribution in [0.5, 0.6) is 0 Å². The number of allylic oxidation sites excluding steroid dienone is 1. The molecule has 0 spiro atoms. The molecule has 0 radical (unpaired) electrons. The minimum atomic E-state index is -4.34. The van der Waals surface area contributed by atoms with E-state index in [4.69, 9.17) is 4.74 Å². The smallest absolute Gasteiger partial charge is 0.389 e. The van der Waals surface area contributed by atoms with Gasteiger partial charge in [-0.25, -0.2) is 0 Å². The van der Waals surface area contributed by atoms with Crippen LogP contribution >= 0.6 is 0 Å². The quantitative estimate of drug-likeness (QED) is 0.502. The van der Waals surface area contributed by atoms with Crippen molar-refractivity contribution >= 4 is 11.9 Å². The van der Waals surface area contributed by atoms with Gasteiger partial charge in [-0.2, -0.15) is 13.2 Å². The molecule has 0 aromatic rings. The second-order valence-corrected chi connectivity index (χ2v) is 6.46. The number of hydrogen-bond acceptors (Lipinski definition) is 3. The Labute approximate surface area is 134 Å². The molecular formula is C16H25F3O4. The number of aliphatic carboxylic acids is 1. The Bertz CT molecular complexity index is 411. The number of hydrogen-bond donors (Lipinski definition) is 1. The monoisotopic (exact) mass is 338 g/mol. The van der Waals surface area contributed by atoms with Gasteiger partial charge in [0.15, 0.2) is 0 Å². The maximum Gasteiger partial charge on any atom is 0.389 e. The number of rotatable bonds is 9. The summed E-state index contributed by atoms with van der Waals surface area (Å²) in [6.07, 6.45) is -3.88. The lowest BCUT2D eigenvalue weighted by molar-refractivity contribution is -0.167. The summed E-state index contributed by atoms with van der Waals surface area (Å²) in [5, 5.41) is 9.30. The first kappa shape index (κ1) is 21.5. The third kappa shape index (κ3) is 9.97. The van der Waals surface area contributed by atoms with Crippen molar-refractivity contribution in [3.05, 3.63) is 12.7 Å². The first-order valence-corrected chi connectivity index (χ1v) is 7.50. The van der Waals surface area contributed by atoms with E-state index in [9.17, 15) is 27.9 Å². The number of carboxylic acid groups (broad SMARTS) is 1. The van der Waals surface area contributed by atoms with E-state index in [1.165, 1.54) is 6.08 Å². The fraction of sp³-hybridized carbons (Fsp3) is 0.750. The zero-order chi connectivity index (χ0) is 18.3. The zero-order valence-corrected chi connectivity index (χ0v) is 13.8. The minimum Gasteiger partial charge on any atom is -0.481 e. The predicted molar refractivity (Wildman–Crippen MR) is 79.8 cm³/mol. The number of halogens is 3. The van der Waals surface area contributed by atoms with Crippen molar-refractivity contribution in [3.8, 4) is 0 Å². The maximum absolute atomic E-state index is 12.2. The Morgan fingerprint density at radius 1 is 1.17 bits per heavy atom. The molecule has 7 heteroatoms. The van der Waals surface area contributed by atoms with Crippen LogP contribution in [0.1, 0.15) is 52.9 Å². The van der Waals surface area contributed by atoms with Gasteiger partial charge in [-0.05, 0) is 46.5 Å². The molecule has 0 amide bonds. The highest BCUT2D eigenvalue weighted by Gasteiger charge is 2.37. The second-order valence-electron chi connectivity index (χ2n) is 6.46. The van der Waals surface area contributed by atoms with Gasteiger partial charge in [0.1, 0.15) is 5.60 Å². The van der Waals surface area contributed by atoms with Crippen molar-refractivity contribution < 1.29 is 32.6 Å². The SMILES string of the molecule is C=CCC[C@@H](C(=O)OC(C)(C)C)[C@@H](CCCC(F)(F)F)C(=O)O. The van der Waals surface area contributed by atoms with Gasteiger partial charge in [-0.15, -0.1) is 6.58 Å². The van der Waals surface area contributed by atoms with Crippen LogP contribution in [-0.2, 0) is 14.3 Å². The Kier molecular flexibility index (Phi) is 8.34. The molecule has 1 N–H and O–H groups in total. The van der Waals surface area contributed by atoms with Crippen molar-refractivity contribution in [3.63, 3.8) is 0 Å². The van der Waals surface area contributed by atoms with Crippen LogP contribution in [0.15, 0.2) is 12.7 Å². The summed E-state index contributed by atoms with van der Waals surface area (Å²) in [6, 6.07) is 0. The number of esters is 1. The lowest BCUT2D eigenvalue weighted by atomic mass is 9.84. The first-order valence-electron chi connectivity index (χ1n) is 7.50. The molecule has 2 atom stereocenters. The molecule has 0 saturated heterocycles. The third-order valence-electron chi connectivity index (χ3n) is 3.17. The molecule has 0 aromatic carbocycles. The lowest BCUT2D eigenvalue weighted by Gasteiger charge is -2.27. The number of carbonyl (C=O) groups is 2. The predicted octanol–water partition coefficient (Wildman–Crippen LogP) is 4.34. The van der Waals surface area contributed by atoms with Gasteiger partial charge < -0.3 is 9.84 Å². The summed E-state index contributed by atoms with van der Waals surface area (Å²) in [4.78, 5) is 23.6. The van der Waals surface area contributed by atoms with E-state index < -0.39 is 42.0 Å². The summed E-state index contributed by atoms with van der Waals surface area (Å²) in [6.45, 7) is 8.46. The highest BCUT2D eigenvalue weighted by Crippen LogP contribution is 2.30. The fourth-order valence-corrected chi connectivity index (χ4v) is 2.18. The van der Waals surface area contributed by atoms with Gasteiger partial charge >= 0.3 is 18.1 Å². The van der Waals surface area contributed by atoms with E-state index in [0.717, 1.165) is 0 Å². The highest BCUT2D eigenvalue weighted by atomic mass is 19.4. The molecule has 134 valence electrons. The van der Waals surface area contributed by atoms with Crippen LogP contribution in [-0.4, -0.2) is 28.8 Å². The summed E-state index contributed by atoms with van der Waals surface area (Å²) in [5.41, 5.74) is -0.793. The van der Waals surface area contributed by atoms with E-state index in [-0.39, 0.29) is 19.3 Å². The Hall–Kier alpha value is -1.53. The van der Waals surface area contributed by atoms with Crippen LogP contribution in [0.25, 0.3) is 0 Å². The molecule has 0 aliphatic heterocycles. The van der Waals surface area contributed by atoms with Crippen molar-refractivity contribution in [1.82, 2.24) is 0 Å². The van der Waals surface area contributed by atoms with Crippen LogP contribution in [0.3, 0.4) is 0 Å². The average molecular weight is 338 g/mol. The van der Waals surface area contributed by atoms with E-state index in [0.29, 0.717) is 6.42 Å². The van der Waals surface area contributed by atoms with E-state index in [2.05, 4.69) is 6.58 Å². The number of carbonyl (C=O) groups excluding carboxylic acids is 1. The van der Waals surface area contributed by atoms with E-state index in [1.807, 2.05) is 0 Å².